The van der Waals surface area contributed by atoms with Gasteiger partial charge in [-0.05, 0) is 25.1 Å². The molecule has 0 radical (unpaired) electrons. The van der Waals surface area contributed by atoms with Crippen LogP contribution < -0.4 is 15.1 Å². The van der Waals surface area contributed by atoms with Crippen LogP contribution in [0.1, 0.15) is 5.76 Å². The Labute approximate surface area is 143 Å². The Morgan fingerprint density at radius 2 is 1.96 bits per heavy atom. The molecule has 25 heavy (non-hydrogen) atoms. The van der Waals surface area contributed by atoms with E-state index in [0.29, 0.717) is 11.5 Å². The minimum absolute atomic E-state index is 0.0259. The van der Waals surface area contributed by atoms with Gasteiger partial charge in [0, 0.05) is 6.07 Å². The van der Waals surface area contributed by atoms with Gasteiger partial charge in [-0.1, -0.05) is 0 Å². The molecule has 2 heterocycles. The molecule has 0 amide bonds. The van der Waals surface area contributed by atoms with Crippen molar-refractivity contribution in [2.75, 3.05) is 20.2 Å². The maximum Gasteiger partial charge on any atom is 0.339 e. The Balaban J connectivity index is 1.68. The highest BCUT2D eigenvalue weighted by atomic mass is 32.2. The summed E-state index contributed by atoms with van der Waals surface area (Å²) in [6, 6.07) is 6.23. The van der Waals surface area contributed by atoms with Crippen LogP contribution in [0.3, 0.4) is 0 Å². The molecule has 0 spiro atoms. The molecule has 0 atom stereocenters. The first-order chi connectivity index (χ1) is 11.8. The predicted octanol–water partition coefficient (Wildman–Crippen LogP) is 1.55. The first kappa shape index (κ1) is 17.4. The molecule has 0 bridgehead atoms. The Kier molecular flexibility index (Phi) is 4.53. The summed E-state index contributed by atoms with van der Waals surface area (Å²) in [5.74, 6) is -0.0447. The first-order valence-corrected chi connectivity index (χ1v) is 8.86. The molecule has 2 aromatic rings. The van der Waals surface area contributed by atoms with Crippen LogP contribution in [0.2, 0.25) is 0 Å². The molecule has 134 valence electrons. The molecule has 7 nitrogen and oxygen atoms in total. The van der Waals surface area contributed by atoms with E-state index in [1.54, 1.807) is 13.0 Å². The highest BCUT2D eigenvalue weighted by Gasteiger charge is 2.38. The van der Waals surface area contributed by atoms with Gasteiger partial charge < -0.3 is 13.9 Å². The van der Waals surface area contributed by atoms with E-state index in [0.717, 1.165) is 6.07 Å². The van der Waals surface area contributed by atoms with Gasteiger partial charge >= 0.3 is 5.63 Å². The average molecular weight is 369 g/mol. The summed E-state index contributed by atoms with van der Waals surface area (Å²) in [4.78, 5) is 11.1. The zero-order valence-electron chi connectivity index (χ0n) is 13.6. The summed E-state index contributed by atoms with van der Waals surface area (Å²) < 4.78 is 55.0. The molecular formula is C16H16FNO6S. The van der Waals surface area contributed by atoms with Crippen molar-refractivity contribution < 1.29 is 26.7 Å². The third-order valence-electron chi connectivity index (χ3n) is 3.75. The van der Waals surface area contributed by atoms with Crippen LogP contribution in [0.15, 0.2) is 44.4 Å². The average Bonchev–Trinajstić information content (AvgIpc) is 2.49. The number of hydrogen-bond donors (Lipinski definition) is 0. The molecule has 1 aliphatic heterocycles. The molecule has 0 saturated carbocycles. The lowest BCUT2D eigenvalue weighted by Crippen LogP contribution is -2.56. The Morgan fingerprint density at radius 1 is 1.24 bits per heavy atom. The number of benzene rings is 1. The van der Waals surface area contributed by atoms with Crippen LogP contribution in [0.5, 0.6) is 11.5 Å². The number of hydrogen-bond acceptors (Lipinski definition) is 6. The van der Waals surface area contributed by atoms with E-state index in [2.05, 4.69) is 0 Å². The van der Waals surface area contributed by atoms with E-state index in [9.17, 15) is 17.6 Å². The Morgan fingerprint density at radius 3 is 2.56 bits per heavy atom. The zero-order valence-corrected chi connectivity index (χ0v) is 14.4. The van der Waals surface area contributed by atoms with E-state index in [4.69, 9.17) is 13.9 Å². The van der Waals surface area contributed by atoms with Gasteiger partial charge in [0.2, 0.25) is 10.0 Å². The summed E-state index contributed by atoms with van der Waals surface area (Å²) >= 11 is 0. The van der Waals surface area contributed by atoms with E-state index in [-0.39, 0.29) is 29.8 Å². The van der Waals surface area contributed by atoms with Crippen molar-refractivity contribution in [1.29, 1.82) is 0 Å². The summed E-state index contributed by atoms with van der Waals surface area (Å²) in [5, 5.41) is 0. The third kappa shape index (κ3) is 3.52. The molecule has 1 fully saturated rings. The number of ether oxygens (including phenoxy) is 2. The van der Waals surface area contributed by atoms with E-state index >= 15 is 0 Å². The maximum atomic E-state index is 13.7. The van der Waals surface area contributed by atoms with Gasteiger partial charge in [-0.15, -0.1) is 0 Å². The van der Waals surface area contributed by atoms with Crippen molar-refractivity contribution in [3.05, 3.63) is 52.3 Å². The summed E-state index contributed by atoms with van der Waals surface area (Å²) in [6.45, 7) is 1.83. The largest absolute Gasteiger partial charge is 0.494 e. The molecule has 1 aromatic heterocycles. The van der Waals surface area contributed by atoms with Crippen LogP contribution in [-0.2, 0) is 10.0 Å². The second kappa shape index (κ2) is 6.49. The fraction of sp³-hybridized carbons (Fsp3) is 0.312. The molecular weight excluding hydrogens is 353 g/mol. The molecule has 9 heteroatoms. The van der Waals surface area contributed by atoms with Gasteiger partial charge in [0.15, 0.2) is 11.6 Å². The van der Waals surface area contributed by atoms with Crippen LogP contribution in [0.4, 0.5) is 4.39 Å². The van der Waals surface area contributed by atoms with Crippen LogP contribution in [0, 0.1) is 12.7 Å². The Bertz CT molecular complexity index is 949. The monoisotopic (exact) mass is 369 g/mol. The van der Waals surface area contributed by atoms with Crippen molar-refractivity contribution in [2.45, 2.75) is 17.9 Å². The number of halogens is 1. The first-order valence-electron chi connectivity index (χ1n) is 7.42. The maximum absolute atomic E-state index is 13.7. The fourth-order valence-electron chi connectivity index (χ4n) is 2.46. The molecule has 0 N–H and O–H groups in total. The van der Waals surface area contributed by atoms with Gasteiger partial charge in [-0.25, -0.2) is 17.6 Å². The minimum Gasteiger partial charge on any atom is -0.494 e. The Hall–Kier alpha value is -2.39. The van der Waals surface area contributed by atoms with Crippen molar-refractivity contribution in [2.24, 2.45) is 0 Å². The molecule has 1 aromatic carbocycles. The third-order valence-corrected chi connectivity index (χ3v) is 5.57. The van der Waals surface area contributed by atoms with Crippen LogP contribution in [0.25, 0.3) is 0 Å². The zero-order chi connectivity index (χ0) is 18.2. The van der Waals surface area contributed by atoms with E-state index in [1.165, 1.54) is 29.6 Å². The van der Waals surface area contributed by atoms with Gasteiger partial charge in [0.1, 0.15) is 17.6 Å². The fourth-order valence-corrected chi connectivity index (χ4v) is 3.98. The summed E-state index contributed by atoms with van der Waals surface area (Å²) in [5.41, 5.74) is -0.535. The van der Waals surface area contributed by atoms with Gasteiger partial charge in [0.25, 0.3) is 0 Å². The highest BCUT2D eigenvalue weighted by Crippen LogP contribution is 2.27. The second-order valence-electron chi connectivity index (χ2n) is 5.58. The summed E-state index contributed by atoms with van der Waals surface area (Å²) in [7, 11) is -2.51. The highest BCUT2D eigenvalue weighted by molar-refractivity contribution is 7.89. The standard InChI is InChI=1S/C16H16FNO6S/c1-10-5-11(6-16(19)23-10)24-12-8-18(9-12)25(20,21)13-3-4-15(22-2)14(17)7-13/h3-7,12H,8-9H2,1-2H3. The van der Waals surface area contributed by atoms with Crippen LogP contribution in [-0.4, -0.2) is 39.0 Å². The topological polar surface area (TPSA) is 86.1 Å². The number of aryl methyl sites for hydroxylation is 1. The molecule has 1 aliphatic rings. The second-order valence-corrected chi connectivity index (χ2v) is 7.52. The lowest BCUT2D eigenvalue weighted by molar-refractivity contribution is 0.0754. The number of rotatable bonds is 5. The quantitative estimate of drug-likeness (QED) is 0.795. The van der Waals surface area contributed by atoms with Crippen molar-refractivity contribution in [3.8, 4) is 11.5 Å². The molecule has 1 saturated heterocycles. The normalized spacial score (nSPS) is 15.6. The van der Waals surface area contributed by atoms with Crippen molar-refractivity contribution >= 4 is 10.0 Å². The number of nitrogens with zero attached hydrogens (tertiary/aromatic N) is 1. The minimum atomic E-state index is -3.81. The van der Waals surface area contributed by atoms with Gasteiger partial charge in [-0.3, -0.25) is 0 Å². The predicted molar refractivity (Wildman–Crippen MR) is 85.8 cm³/mol. The van der Waals surface area contributed by atoms with Gasteiger partial charge in [-0.2, -0.15) is 4.31 Å². The van der Waals surface area contributed by atoms with E-state index in [1.807, 2.05) is 0 Å². The molecule has 0 unspecified atom stereocenters. The number of methoxy groups -OCH3 is 1. The van der Waals surface area contributed by atoms with Crippen molar-refractivity contribution in [1.82, 2.24) is 4.31 Å². The molecule has 3 rings (SSSR count). The van der Waals surface area contributed by atoms with Crippen LogP contribution >= 0.6 is 0 Å². The van der Waals surface area contributed by atoms with E-state index < -0.39 is 21.5 Å². The lowest BCUT2D eigenvalue weighted by Gasteiger charge is -2.37. The van der Waals surface area contributed by atoms with Gasteiger partial charge in [0.05, 0.1) is 31.2 Å². The van der Waals surface area contributed by atoms with Crippen molar-refractivity contribution in [3.63, 3.8) is 0 Å². The smallest absolute Gasteiger partial charge is 0.339 e. The molecule has 0 aliphatic carbocycles. The number of sulfonamides is 1. The SMILES string of the molecule is COc1ccc(S(=O)(=O)N2CC(Oc3cc(C)oc(=O)c3)C2)cc1F. The lowest BCUT2D eigenvalue weighted by atomic mass is 10.2. The summed E-state index contributed by atoms with van der Waals surface area (Å²) in [6.07, 6.45) is -0.390.